The van der Waals surface area contributed by atoms with Crippen molar-refractivity contribution in [3.8, 4) is 0 Å². The molecule has 2 heterocycles. The molecule has 0 saturated carbocycles. The lowest BCUT2D eigenvalue weighted by Crippen LogP contribution is -2.48. The minimum Gasteiger partial charge on any atom is -0.480 e. The summed E-state index contributed by atoms with van der Waals surface area (Å²) >= 11 is 3.49. The van der Waals surface area contributed by atoms with Gasteiger partial charge in [-0.1, -0.05) is 30.3 Å². The predicted molar refractivity (Wildman–Crippen MR) is 114 cm³/mol. The van der Waals surface area contributed by atoms with Gasteiger partial charge in [0.25, 0.3) is 0 Å². The van der Waals surface area contributed by atoms with E-state index >= 15 is 0 Å². The second kappa shape index (κ2) is 9.86. The van der Waals surface area contributed by atoms with E-state index in [-0.39, 0.29) is 16.5 Å². The summed E-state index contributed by atoms with van der Waals surface area (Å²) in [5.74, 6) is 0.249. The molecule has 2 fully saturated rings. The number of nitrogens with zero attached hydrogens (tertiary/aromatic N) is 1. The number of thioether (sulfide) groups is 2. The number of hydrogen-bond acceptors (Lipinski definition) is 7. The molecule has 2 aliphatic rings. The molecule has 29 heavy (non-hydrogen) atoms. The monoisotopic (exact) mass is 438 g/mol. The van der Waals surface area contributed by atoms with E-state index in [1.54, 1.807) is 23.5 Å². The molecule has 2 atom stereocenters. The second-order valence-corrected chi connectivity index (χ2v) is 10.4. The number of benzene rings is 1. The van der Waals surface area contributed by atoms with Crippen LogP contribution in [0, 0.1) is 0 Å². The fourth-order valence-corrected chi connectivity index (χ4v) is 7.00. The number of aryl methyl sites for hydroxylation is 1. The van der Waals surface area contributed by atoms with Crippen molar-refractivity contribution in [3.63, 3.8) is 0 Å². The Morgan fingerprint density at radius 2 is 1.97 bits per heavy atom. The van der Waals surface area contributed by atoms with Gasteiger partial charge in [0, 0.05) is 24.5 Å². The molecule has 2 N–H and O–H groups in total. The van der Waals surface area contributed by atoms with Gasteiger partial charge in [-0.2, -0.15) is 0 Å². The molecular weight excluding hydrogens is 412 g/mol. The SMILES string of the molecule is COC(=O)C(CCc1ccccc1)NCC(=O)N1CC2(C[C@H]1C(=O)O)SCCS2. The summed E-state index contributed by atoms with van der Waals surface area (Å²) in [7, 11) is 1.32. The summed E-state index contributed by atoms with van der Waals surface area (Å²) in [5.41, 5.74) is 1.09. The van der Waals surface area contributed by atoms with Crippen molar-refractivity contribution < 1.29 is 24.2 Å². The number of carboxylic acid groups (broad SMARTS) is 1. The van der Waals surface area contributed by atoms with Gasteiger partial charge in [0.1, 0.15) is 12.1 Å². The first-order valence-corrected chi connectivity index (χ1v) is 11.6. The number of likely N-dealkylation sites (tertiary alicyclic amines) is 1. The van der Waals surface area contributed by atoms with E-state index in [1.165, 1.54) is 12.0 Å². The Hall–Kier alpha value is -1.71. The lowest BCUT2D eigenvalue weighted by Gasteiger charge is -2.24. The lowest BCUT2D eigenvalue weighted by molar-refractivity contribution is -0.148. The van der Waals surface area contributed by atoms with E-state index in [0.29, 0.717) is 25.8 Å². The van der Waals surface area contributed by atoms with Gasteiger partial charge in [0.05, 0.1) is 17.7 Å². The number of nitrogens with one attached hydrogen (secondary N) is 1. The molecule has 0 bridgehead atoms. The Morgan fingerprint density at radius 3 is 2.59 bits per heavy atom. The molecule has 158 valence electrons. The van der Waals surface area contributed by atoms with E-state index in [9.17, 15) is 19.5 Å². The van der Waals surface area contributed by atoms with Crippen LogP contribution in [-0.4, -0.2) is 75.7 Å². The van der Waals surface area contributed by atoms with Crippen molar-refractivity contribution in [1.29, 1.82) is 0 Å². The number of carboxylic acids is 1. The van der Waals surface area contributed by atoms with Gasteiger partial charge in [-0.3, -0.25) is 14.9 Å². The van der Waals surface area contributed by atoms with Gasteiger partial charge in [0.15, 0.2) is 0 Å². The third kappa shape index (κ3) is 5.46. The molecule has 1 unspecified atom stereocenters. The summed E-state index contributed by atoms with van der Waals surface area (Å²) in [5, 5.41) is 12.6. The minimum absolute atomic E-state index is 0.0935. The van der Waals surface area contributed by atoms with Crippen LogP contribution in [0.4, 0.5) is 0 Å². The topological polar surface area (TPSA) is 95.9 Å². The van der Waals surface area contributed by atoms with Crippen LogP contribution in [0.1, 0.15) is 18.4 Å². The van der Waals surface area contributed by atoms with Crippen LogP contribution in [0.15, 0.2) is 30.3 Å². The number of aliphatic carboxylic acids is 1. The summed E-state index contributed by atoms with van der Waals surface area (Å²) in [4.78, 5) is 38.1. The number of amides is 1. The first-order chi connectivity index (χ1) is 13.9. The first-order valence-electron chi connectivity index (χ1n) is 9.59. The highest BCUT2D eigenvalue weighted by atomic mass is 32.2. The van der Waals surface area contributed by atoms with Crippen LogP contribution in [0.3, 0.4) is 0 Å². The summed E-state index contributed by atoms with van der Waals surface area (Å²) < 4.78 is 4.65. The zero-order valence-electron chi connectivity index (χ0n) is 16.3. The summed E-state index contributed by atoms with van der Waals surface area (Å²) in [6, 6.07) is 8.33. The van der Waals surface area contributed by atoms with Gasteiger partial charge in [-0.25, -0.2) is 4.79 Å². The number of esters is 1. The van der Waals surface area contributed by atoms with Gasteiger partial charge in [-0.05, 0) is 18.4 Å². The Morgan fingerprint density at radius 1 is 1.28 bits per heavy atom. The highest BCUT2D eigenvalue weighted by Crippen LogP contribution is 2.51. The minimum atomic E-state index is -0.975. The Kier molecular flexibility index (Phi) is 7.48. The fraction of sp³-hybridized carbons (Fsp3) is 0.550. The maximum absolute atomic E-state index is 12.8. The summed E-state index contributed by atoms with van der Waals surface area (Å²) in [6.07, 6.45) is 1.61. The van der Waals surface area contributed by atoms with Crippen LogP contribution in [0.25, 0.3) is 0 Å². The highest BCUT2D eigenvalue weighted by molar-refractivity contribution is 8.21. The van der Waals surface area contributed by atoms with Crippen LogP contribution < -0.4 is 5.32 Å². The van der Waals surface area contributed by atoms with Crippen molar-refractivity contribution in [2.24, 2.45) is 0 Å². The van der Waals surface area contributed by atoms with Crippen LogP contribution in [0.2, 0.25) is 0 Å². The normalized spacial score (nSPS) is 21.3. The molecule has 7 nitrogen and oxygen atoms in total. The zero-order valence-corrected chi connectivity index (χ0v) is 18.0. The van der Waals surface area contributed by atoms with Crippen LogP contribution >= 0.6 is 23.5 Å². The van der Waals surface area contributed by atoms with Crippen molar-refractivity contribution in [2.45, 2.75) is 35.4 Å². The number of ether oxygens (including phenoxy) is 1. The third-order valence-corrected chi connectivity index (χ3v) is 8.69. The number of rotatable bonds is 8. The largest absolute Gasteiger partial charge is 0.480 e. The van der Waals surface area contributed by atoms with Crippen LogP contribution in [-0.2, 0) is 25.5 Å². The zero-order chi connectivity index (χ0) is 20.9. The molecule has 9 heteroatoms. The van der Waals surface area contributed by atoms with E-state index in [2.05, 4.69) is 5.32 Å². The van der Waals surface area contributed by atoms with E-state index in [1.807, 2.05) is 30.3 Å². The maximum atomic E-state index is 12.8. The van der Waals surface area contributed by atoms with Crippen LogP contribution in [0.5, 0.6) is 0 Å². The Bertz CT molecular complexity index is 740. The van der Waals surface area contributed by atoms with Crippen molar-refractivity contribution >= 4 is 41.4 Å². The van der Waals surface area contributed by atoms with E-state index in [4.69, 9.17) is 4.74 Å². The van der Waals surface area contributed by atoms with Crippen molar-refractivity contribution in [1.82, 2.24) is 10.2 Å². The van der Waals surface area contributed by atoms with Gasteiger partial charge in [0.2, 0.25) is 5.91 Å². The predicted octanol–water partition coefficient (Wildman–Crippen LogP) is 1.61. The molecule has 1 aromatic carbocycles. The number of carbonyl (C=O) groups is 3. The summed E-state index contributed by atoms with van der Waals surface area (Å²) in [6.45, 7) is 0.330. The molecule has 1 spiro atoms. The number of carbonyl (C=O) groups excluding carboxylic acids is 2. The average molecular weight is 439 g/mol. The first kappa shape index (κ1) is 22.0. The molecule has 2 aliphatic heterocycles. The Labute approximate surface area is 178 Å². The molecule has 1 aromatic rings. The Balaban J connectivity index is 1.59. The lowest BCUT2D eigenvalue weighted by atomic mass is 10.1. The number of methoxy groups -OCH3 is 1. The smallest absolute Gasteiger partial charge is 0.326 e. The molecule has 3 rings (SSSR count). The molecule has 0 aliphatic carbocycles. The third-order valence-electron chi connectivity index (χ3n) is 5.26. The average Bonchev–Trinajstić information content (AvgIpc) is 3.35. The van der Waals surface area contributed by atoms with Gasteiger partial charge >= 0.3 is 11.9 Å². The standard InChI is InChI=1S/C20H26N2O5S2/c1-27-19(26)15(8-7-14-5-3-2-4-6-14)21-12-17(23)22-13-20(28-9-10-29-20)11-16(22)18(24)25/h2-6,15-16,21H,7-13H2,1H3,(H,24,25)/t15?,16-/m0/s1. The molecule has 0 aromatic heterocycles. The molecule has 2 saturated heterocycles. The highest BCUT2D eigenvalue weighted by Gasteiger charge is 2.51. The maximum Gasteiger partial charge on any atom is 0.326 e. The van der Waals surface area contributed by atoms with Gasteiger partial charge in [-0.15, -0.1) is 23.5 Å². The van der Waals surface area contributed by atoms with Gasteiger partial charge < -0.3 is 14.7 Å². The van der Waals surface area contributed by atoms with Crippen molar-refractivity contribution in [2.75, 3.05) is 31.7 Å². The molecule has 1 amide bonds. The number of hydrogen-bond donors (Lipinski definition) is 2. The second-order valence-electron chi connectivity index (χ2n) is 7.17. The quantitative estimate of drug-likeness (QED) is 0.591. The van der Waals surface area contributed by atoms with E-state index in [0.717, 1.165) is 17.1 Å². The fourth-order valence-electron chi connectivity index (χ4n) is 3.74. The molecule has 0 radical (unpaired) electrons. The van der Waals surface area contributed by atoms with E-state index < -0.39 is 24.0 Å². The van der Waals surface area contributed by atoms with Crippen molar-refractivity contribution in [3.05, 3.63) is 35.9 Å². The molecular formula is C20H26N2O5S2.